The SMILES string of the molecule is CC(C)C(=O)N1CCN(c2ccccc2NC(=O)c2ccc(Cl)cc2Cl)CC1. The molecular weight excluding hydrogens is 397 g/mol. The number of benzene rings is 2. The van der Waals surface area contributed by atoms with Gasteiger partial charge in [-0.25, -0.2) is 0 Å². The predicted molar refractivity (Wildman–Crippen MR) is 114 cm³/mol. The number of hydrogen-bond acceptors (Lipinski definition) is 3. The van der Waals surface area contributed by atoms with Gasteiger partial charge in [-0.3, -0.25) is 9.59 Å². The minimum Gasteiger partial charge on any atom is -0.366 e. The van der Waals surface area contributed by atoms with Gasteiger partial charge in [-0.05, 0) is 30.3 Å². The zero-order chi connectivity index (χ0) is 20.3. The lowest BCUT2D eigenvalue weighted by molar-refractivity contribution is -0.134. The van der Waals surface area contributed by atoms with Crippen molar-refractivity contribution >= 4 is 46.4 Å². The fourth-order valence-corrected chi connectivity index (χ4v) is 3.75. The third-order valence-corrected chi connectivity index (χ3v) is 5.30. The Kier molecular flexibility index (Phi) is 6.47. The number of carbonyl (C=O) groups excluding carboxylic acids is 2. The summed E-state index contributed by atoms with van der Waals surface area (Å²) >= 11 is 12.1. The molecule has 1 N–H and O–H groups in total. The molecule has 148 valence electrons. The Morgan fingerprint density at radius 1 is 1.00 bits per heavy atom. The third-order valence-electron chi connectivity index (χ3n) is 4.75. The van der Waals surface area contributed by atoms with Crippen LogP contribution in [0.25, 0.3) is 0 Å². The van der Waals surface area contributed by atoms with Crippen molar-refractivity contribution in [3.8, 4) is 0 Å². The molecule has 2 aromatic rings. The van der Waals surface area contributed by atoms with Crippen molar-refractivity contribution in [1.29, 1.82) is 0 Å². The molecule has 3 rings (SSSR count). The van der Waals surface area contributed by atoms with E-state index in [4.69, 9.17) is 23.2 Å². The molecule has 1 aliphatic heterocycles. The maximum Gasteiger partial charge on any atom is 0.257 e. The molecule has 0 aromatic heterocycles. The van der Waals surface area contributed by atoms with E-state index >= 15 is 0 Å². The Morgan fingerprint density at radius 3 is 2.32 bits per heavy atom. The molecule has 0 radical (unpaired) electrons. The Balaban J connectivity index is 1.73. The van der Waals surface area contributed by atoms with Gasteiger partial charge in [-0.2, -0.15) is 0 Å². The normalized spacial score (nSPS) is 14.3. The zero-order valence-electron chi connectivity index (χ0n) is 15.9. The minimum absolute atomic E-state index is 0.00208. The number of halogens is 2. The first-order valence-electron chi connectivity index (χ1n) is 9.26. The van der Waals surface area contributed by atoms with Crippen molar-refractivity contribution < 1.29 is 9.59 Å². The topological polar surface area (TPSA) is 52.7 Å². The van der Waals surface area contributed by atoms with Gasteiger partial charge in [0.15, 0.2) is 0 Å². The molecule has 1 fully saturated rings. The first-order chi connectivity index (χ1) is 13.4. The molecule has 2 aromatic carbocycles. The third kappa shape index (κ3) is 4.59. The average Bonchev–Trinajstić information content (AvgIpc) is 2.68. The number of nitrogens with zero attached hydrogens (tertiary/aromatic N) is 2. The van der Waals surface area contributed by atoms with E-state index in [2.05, 4.69) is 10.2 Å². The van der Waals surface area contributed by atoms with Crippen LogP contribution in [0.15, 0.2) is 42.5 Å². The van der Waals surface area contributed by atoms with Crippen molar-refractivity contribution in [1.82, 2.24) is 4.90 Å². The molecule has 0 atom stereocenters. The predicted octanol–water partition coefficient (Wildman–Crippen LogP) is 4.55. The lowest BCUT2D eigenvalue weighted by Crippen LogP contribution is -2.50. The fraction of sp³-hybridized carbons (Fsp3) is 0.333. The van der Waals surface area contributed by atoms with E-state index in [9.17, 15) is 9.59 Å². The van der Waals surface area contributed by atoms with Crippen LogP contribution in [0.3, 0.4) is 0 Å². The maximum absolute atomic E-state index is 12.7. The molecule has 1 heterocycles. The summed E-state index contributed by atoms with van der Waals surface area (Å²) in [5, 5.41) is 3.74. The van der Waals surface area contributed by atoms with Crippen LogP contribution in [0.2, 0.25) is 10.0 Å². The summed E-state index contributed by atoms with van der Waals surface area (Å²) in [7, 11) is 0. The number of piperazine rings is 1. The molecule has 0 saturated carbocycles. The number of hydrogen-bond donors (Lipinski definition) is 1. The Hall–Kier alpha value is -2.24. The molecule has 0 unspecified atom stereocenters. The van der Waals surface area contributed by atoms with Crippen LogP contribution in [0.4, 0.5) is 11.4 Å². The van der Waals surface area contributed by atoms with E-state index in [1.54, 1.807) is 18.2 Å². The van der Waals surface area contributed by atoms with Crippen molar-refractivity contribution in [2.24, 2.45) is 5.92 Å². The molecule has 5 nitrogen and oxygen atoms in total. The Bertz CT molecular complexity index is 878. The van der Waals surface area contributed by atoms with Gasteiger partial charge in [0.1, 0.15) is 0 Å². The molecular formula is C21H23Cl2N3O2. The summed E-state index contributed by atoms with van der Waals surface area (Å²) in [6, 6.07) is 12.4. The second-order valence-corrected chi connectivity index (χ2v) is 7.91. The highest BCUT2D eigenvalue weighted by Gasteiger charge is 2.24. The van der Waals surface area contributed by atoms with Crippen molar-refractivity contribution in [2.45, 2.75) is 13.8 Å². The quantitative estimate of drug-likeness (QED) is 0.790. The summed E-state index contributed by atoms with van der Waals surface area (Å²) in [4.78, 5) is 29.0. The number of rotatable bonds is 4. The second-order valence-electron chi connectivity index (χ2n) is 7.06. The van der Waals surface area contributed by atoms with E-state index in [0.717, 1.165) is 5.69 Å². The van der Waals surface area contributed by atoms with Crippen molar-refractivity contribution in [3.05, 3.63) is 58.1 Å². The molecule has 0 aliphatic carbocycles. The largest absolute Gasteiger partial charge is 0.366 e. The first-order valence-corrected chi connectivity index (χ1v) is 10.0. The minimum atomic E-state index is -0.289. The lowest BCUT2D eigenvalue weighted by atomic mass is 10.1. The van der Waals surface area contributed by atoms with Crippen molar-refractivity contribution in [2.75, 3.05) is 36.4 Å². The summed E-state index contributed by atoms with van der Waals surface area (Å²) in [6.07, 6.45) is 0. The highest BCUT2D eigenvalue weighted by molar-refractivity contribution is 6.37. The highest BCUT2D eigenvalue weighted by atomic mass is 35.5. The van der Waals surface area contributed by atoms with Crippen LogP contribution < -0.4 is 10.2 Å². The van der Waals surface area contributed by atoms with Gasteiger partial charge >= 0.3 is 0 Å². The molecule has 0 bridgehead atoms. The summed E-state index contributed by atoms with van der Waals surface area (Å²) in [6.45, 7) is 6.60. The van der Waals surface area contributed by atoms with Gasteiger partial charge in [0, 0.05) is 37.1 Å². The van der Waals surface area contributed by atoms with Crippen LogP contribution in [0.1, 0.15) is 24.2 Å². The zero-order valence-corrected chi connectivity index (χ0v) is 17.4. The number of nitrogens with one attached hydrogen (secondary N) is 1. The van der Waals surface area contributed by atoms with E-state index < -0.39 is 0 Å². The van der Waals surface area contributed by atoms with Crippen LogP contribution in [0, 0.1) is 5.92 Å². The van der Waals surface area contributed by atoms with Crippen LogP contribution in [0.5, 0.6) is 0 Å². The van der Waals surface area contributed by atoms with Crippen LogP contribution in [-0.2, 0) is 4.79 Å². The number of carbonyl (C=O) groups is 2. The van der Waals surface area contributed by atoms with Crippen molar-refractivity contribution in [3.63, 3.8) is 0 Å². The Labute approximate surface area is 175 Å². The van der Waals surface area contributed by atoms with E-state index in [1.807, 2.05) is 43.0 Å². The fourth-order valence-electron chi connectivity index (χ4n) is 3.25. The molecule has 0 spiro atoms. The monoisotopic (exact) mass is 419 g/mol. The van der Waals surface area contributed by atoms with E-state index in [1.165, 1.54) is 0 Å². The maximum atomic E-state index is 12.7. The van der Waals surface area contributed by atoms with Gasteiger partial charge in [0.2, 0.25) is 5.91 Å². The van der Waals surface area contributed by atoms with Crippen LogP contribution in [-0.4, -0.2) is 42.9 Å². The summed E-state index contributed by atoms with van der Waals surface area (Å²) in [5.74, 6) is -0.108. The molecule has 1 saturated heterocycles. The lowest BCUT2D eigenvalue weighted by Gasteiger charge is -2.37. The number of anilines is 2. The van der Waals surface area contributed by atoms with Gasteiger partial charge in [0.05, 0.1) is 22.0 Å². The van der Waals surface area contributed by atoms with Crippen LogP contribution >= 0.6 is 23.2 Å². The Morgan fingerprint density at radius 2 is 1.68 bits per heavy atom. The standard InChI is InChI=1S/C21H23Cl2N3O2/c1-14(2)21(28)26-11-9-25(10-12-26)19-6-4-3-5-18(19)24-20(27)16-8-7-15(22)13-17(16)23/h3-8,13-14H,9-12H2,1-2H3,(H,24,27). The van der Waals surface area contributed by atoms with E-state index in [-0.39, 0.29) is 17.7 Å². The molecule has 1 aliphatic rings. The summed E-state index contributed by atoms with van der Waals surface area (Å²) in [5.41, 5.74) is 2.01. The first kappa shape index (κ1) is 20.5. The average molecular weight is 420 g/mol. The number of amides is 2. The van der Waals surface area contributed by atoms with Gasteiger partial charge in [0.25, 0.3) is 5.91 Å². The van der Waals surface area contributed by atoms with Gasteiger partial charge in [-0.1, -0.05) is 49.2 Å². The smallest absolute Gasteiger partial charge is 0.257 e. The van der Waals surface area contributed by atoms with E-state index in [0.29, 0.717) is 47.5 Å². The second kappa shape index (κ2) is 8.84. The summed E-state index contributed by atoms with van der Waals surface area (Å²) < 4.78 is 0. The molecule has 7 heteroatoms. The molecule has 28 heavy (non-hydrogen) atoms. The number of para-hydroxylation sites is 2. The molecule has 2 amide bonds. The van der Waals surface area contributed by atoms with Gasteiger partial charge < -0.3 is 15.1 Å². The van der Waals surface area contributed by atoms with Gasteiger partial charge in [-0.15, -0.1) is 0 Å². The highest BCUT2D eigenvalue weighted by Crippen LogP contribution is 2.28.